The number of sulfonamides is 1. The van der Waals surface area contributed by atoms with E-state index in [4.69, 9.17) is 23.2 Å². The molecule has 0 spiro atoms. The van der Waals surface area contributed by atoms with Crippen LogP contribution in [0.25, 0.3) is 0 Å². The molecular formula is C18H20Cl2N2O3S. The van der Waals surface area contributed by atoms with Crippen molar-refractivity contribution in [2.24, 2.45) is 0 Å². The number of carbonyl (C=O) groups excluding carboxylic acids is 1. The zero-order valence-electron chi connectivity index (χ0n) is 14.9. The van der Waals surface area contributed by atoms with Gasteiger partial charge in [0.2, 0.25) is 15.9 Å². The molecule has 0 aliphatic carbocycles. The lowest BCUT2D eigenvalue weighted by molar-refractivity contribution is -0.116. The summed E-state index contributed by atoms with van der Waals surface area (Å²) in [7, 11) is -3.71. The minimum absolute atomic E-state index is 0.332. The molecule has 1 N–H and O–H groups in total. The first-order valence-electron chi connectivity index (χ1n) is 7.83. The van der Waals surface area contributed by atoms with E-state index >= 15 is 0 Å². The van der Waals surface area contributed by atoms with Crippen LogP contribution in [-0.4, -0.2) is 26.6 Å². The molecular weight excluding hydrogens is 395 g/mol. The average molecular weight is 415 g/mol. The van der Waals surface area contributed by atoms with Crippen molar-refractivity contribution in [1.82, 2.24) is 0 Å². The van der Waals surface area contributed by atoms with Gasteiger partial charge >= 0.3 is 0 Å². The van der Waals surface area contributed by atoms with Gasteiger partial charge in [-0.25, -0.2) is 8.42 Å². The Labute approximate surface area is 164 Å². The highest BCUT2D eigenvalue weighted by Gasteiger charge is 2.29. The molecule has 26 heavy (non-hydrogen) atoms. The fourth-order valence-electron chi connectivity index (χ4n) is 2.53. The number of benzene rings is 2. The summed E-state index contributed by atoms with van der Waals surface area (Å²) in [6.07, 6.45) is 1.05. The van der Waals surface area contributed by atoms with Gasteiger partial charge in [0.15, 0.2) is 0 Å². The van der Waals surface area contributed by atoms with E-state index in [-0.39, 0.29) is 0 Å². The van der Waals surface area contributed by atoms with Crippen molar-refractivity contribution >= 4 is 50.5 Å². The molecule has 0 saturated heterocycles. The molecule has 140 valence electrons. The lowest BCUT2D eigenvalue weighted by atomic mass is 10.2. The smallest absolute Gasteiger partial charge is 0.248 e. The van der Waals surface area contributed by atoms with Crippen LogP contribution in [0.2, 0.25) is 10.0 Å². The third-order valence-corrected chi connectivity index (χ3v) is 5.83. The van der Waals surface area contributed by atoms with Gasteiger partial charge < -0.3 is 5.32 Å². The van der Waals surface area contributed by atoms with Crippen molar-refractivity contribution in [3.63, 3.8) is 0 Å². The van der Waals surface area contributed by atoms with Gasteiger partial charge in [-0.15, -0.1) is 0 Å². The number of nitrogens with zero attached hydrogens (tertiary/aromatic N) is 1. The van der Waals surface area contributed by atoms with Crippen molar-refractivity contribution in [3.8, 4) is 0 Å². The van der Waals surface area contributed by atoms with E-state index in [9.17, 15) is 13.2 Å². The highest BCUT2D eigenvalue weighted by molar-refractivity contribution is 7.92. The number of anilines is 2. The van der Waals surface area contributed by atoms with Crippen LogP contribution in [0.15, 0.2) is 36.4 Å². The van der Waals surface area contributed by atoms with Gasteiger partial charge in [0.25, 0.3) is 0 Å². The minimum atomic E-state index is -3.71. The number of carbonyl (C=O) groups is 1. The lowest BCUT2D eigenvalue weighted by Crippen LogP contribution is -2.45. The fourth-order valence-corrected chi connectivity index (χ4v) is 4.10. The molecule has 0 unspecified atom stereocenters. The number of amides is 1. The molecule has 1 amide bonds. The molecule has 0 fully saturated rings. The van der Waals surface area contributed by atoms with E-state index in [0.29, 0.717) is 21.4 Å². The molecule has 2 aromatic carbocycles. The maximum absolute atomic E-state index is 12.7. The maximum atomic E-state index is 12.7. The van der Waals surface area contributed by atoms with Crippen LogP contribution >= 0.6 is 23.2 Å². The second-order valence-electron chi connectivity index (χ2n) is 6.12. The molecule has 0 aliphatic heterocycles. The normalized spacial score (nSPS) is 12.5. The Morgan fingerprint density at radius 2 is 1.73 bits per heavy atom. The van der Waals surface area contributed by atoms with Crippen LogP contribution in [0, 0.1) is 13.8 Å². The molecule has 0 bridgehead atoms. The highest BCUT2D eigenvalue weighted by Crippen LogP contribution is 2.27. The molecule has 0 radical (unpaired) electrons. The Hall–Kier alpha value is -1.76. The zero-order chi connectivity index (χ0) is 19.6. The molecule has 0 aliphatic rings. The Morgan fingerprint density at radius 3 is 2.27 bits per heavy atom. The van der Waals surface area contributed by atoms with E-state index in [1.54, 1.807) is 37.3 Å². The summed E-state index contributed by atoms with van der Waals surface area (Å²) in [5.41, 5.74) is 2.50. The van der Waals surface area contributed by atoms with Crippen LogP contribution in [0.5, 0.6) is 0 Å². The summed E-state index contributed by atoms with van der Waals surface area (Å²) < 4.78 is 25.7. The highest BCUT2D eigenvalue weighted by atomic mass is 35.5. The van der Waals surface area contributed by atoms with E-state index in [1.807, 2.05) is 6.92 Å². The van der Waals surface area contributed by atoms with Gasteiger partial charge in [0.1, 0.15) is 6.04 Å². The van der Waals surface area contributed by atoms with Gasteiger partial charge in [0.05, 0.1) is 11.9 Å². The number of halogens is 2. The first-order valence-corrected chi connectivity index (χ1v) is 10.4. The van der Waals surface area contributed by atoms with Crippen LogP contribution in [0.4, 0.5) is 11.4 Å². The number of hydrogen-bond donors (Lipinski definition) is 1. The largest absolute Gasteiger partial charge is 0.324 e. The molecule has 0 aromatic heterocycles. The number of hydrogen-bond acceptors (Lipinski definition) is 3. The van der Waals surface area contributed by atoms with E-state index in [1.165, 1.54) is 13.0 Å². The summed E-state index contributed by atoms with van der Waals surface area (Å²) in [4.78, 5) is 12.7. The summed E-state index contributed by atoms with van der Waals surface area (Å²) in [5.74, 6) is -0.461. The monoisotopic (exact) mass is 414 g/mol. The van der Waals surface area contributed by atoms with Crippen LogP contribution < -0.4 is 9.62 Å². The fraction of sp³-hybridized carbons (Fsp3) is 0.278. The van der Waals surface area contributed by atoms with E-state index in [0.717, 1.165) is 21.7 Å². The second kappa shape index (κ2) is 7.86. The average Bonchev–Trinajstić information content (AvgIpc) is 2.52. The molecule has 5 nitrogen and oxygen atoms in total. The zero-order valence-corrected chi connectivity index (χ0v) is 17.2. The third kappa shape index (κ3) is 4.69. The summed E-state index contributed by atoms with van der Waals surface area (Å²) in [5, 5.41) is 3.73. The Bertz CT molecular complexity index is 945. The molecule has 2 rings (SSSR count). The third-order valence-electron chi connectivity index (χ3n) is 3.94. The number of nitrogens with one attached hydrogen (secondary N) is 1. The number of aryl methyl sites for hydroxylation is 2. The molecule has 0 heterocycles. The second-order valence-corrected chi connectivity index (χ2v) is 8.82. The molecule has 1 atom stereocenters. The standard InChI is InChI=1S/C18H20Cl2N2O3S/c1-11-5-7-15(10-16(11)20)22(26(4,24)25)13(3)18(23)21-17-8-6-14(19)9-12(17)2/h5-10,13H,1-4H3,(H,21,23)/t13-/m0/s1. The summed E-state index contributed by atoms with van der Waals surface area (Å²) in [6.45, 7) is 5.14. The van der Waals surface area contributed by atoms with Crippen molar-refractivity contribution in [2.45, 2.75) is 26.8 Å². The SMILES string of the molecule is Cc1ccc(N([C@@H](C)C(=O)Nc2ccc(Cl)cc2C)S(C)(=O)=O)cc1Cl. The van der Waals surface area contributed by atoms with Crippen LogP contribution in [0.3, 0.4) is 0 Å². The van der Waals surface area contributed by atoms with Gasteiger partial charge in [-0.05, 0) is 62.2 Å². The van der Waals surface area contributed by atoms with Gasteiger partial charge in [0, 0.05) is 15.7 Å². The van der Waals surface area contributed by atoms with Crippen molar-refractivity contribution < 1.29 is 13.2 Å². The molecule has 2 aromatic rings. The number of rotatable bonds is 5. The Morgan fingerprint density at radius 1 is 1.08 bits per heavy atom. The topological polar surface area (TPSA) is 66.5 Å². The molecule has 8 heteroatoms. The van der Waals surface area contributed by atoms with E-state index in [2.05, 4.69) is 5.32 Å². The quantitative estimate of drug-likeness (QED) is 0.787. The van der Waals surface area contributed by atoms with Gasteiger partial charge in [-0.1, -0.05) is 29.3 Å². The van der Waals surface area contributed by atoms with Crippen LogP contribution in [-0.2, 0) is 14.8 Å². The van der Waals surface area contributed by atoms with Crippen molar-refractivity contribution in [2.75, 3.05) is 15.9 Å². The van der Waals surface area contributed by atoms with Gasteiger partial charge in [-0.3, -0.25) is 9.10 Å². The predicted octanol–water partition coefficient (Wildman–Crippen LogP) is 4.40. The predicted molar refractivity (Wildman–Crippen MR) is 108 cm³/mol. The minimum Gasteiger partial charge on any atom is -0.324 e. The maximum Gasteiger partial charge on any atom is 0.248 e. The van der Waals surface area contributed by atoms with Crippen molar-refractivity contribution in [3.05, 3.63) is 57.6 Å². The molecule has 0 saturated carbocycles. The van der Waals surface area contributed by atoms with Gasteiger partial charge in [-0.2, -0.15) is 0 Å². The van der Waals surface area contributed by atoms with Crippen LogP contribution in [0.1, 0.15) is 18.1 Å². The summed E-state index contributed by atoms with van der Waals surface area (Å²) in [6, 6.07) is 8.95. The van der Waals surface area contributed by atoms with E-state index < -0.39 is 22.0 Å². The summed E-state index contributed by atoms with van der Waals surface area (Å²) >= 11 is 12.0. The lowest BCUT2D eigenvalue weighted by Gasteiger charge is -2.28. The van der Waals surface area contributed by atoms with Crippen molar-refractivity contribution in [1.29, 1.82) is 0 Å². The first-order chi connectivity index (χ1) is 12.0. The Balaban J connectivity index is 2.35. The first kappa shape index (κ1) is 20.6. The Kier molecular flexibility index (Phi) is 6.21.